The molecule has 0 saturated heterocycles. The molecule has 8 heteroatoms. The fraction of sp³-hybridized carbons (Fsp3) is 0.0625. The van der Waals surface area contributed by atoms with Crippen LogP contribution in [0.15, 0.2) is 65.3 Å². The van der Waals surface area contributed by atoms with Crippen molar-refractivity contribution in [3.63, 3.8) is 0 Å². The lowest BCUT2D eigenvalue weighted by molar-refractivity contribution is -0.843. The summed E-state index contributed by atoms with van der Waals surface area (Å²) in [6.45, 7) is 0. The Kier molecular flexibility index (Phi) is 5.38. The second-order valence-corrected chi connectivity index (χ2v) is 4.88. The molecule has 3 aromatic rings. The summed E-state index contributed by atoms with van der Waals surface area (Å²) < 4.78 is 59.4. The SMILES string of the molecule is C[n+]1cc(-c2ccc(F)cc2)c(-c2ccccc2)o1.F[B-](F)(F)F. The van der Waals surface area contributed by atoms with E-state index in [1.807, 2.05) is 43.6 Å². The van der Waals surface area contributed by atoms with Crippen LogP contribution in [0.25, 0.3) is 22.5 Å². The Labute approximate surface area is 135 Å². The molecule has 0 amide bonds. The summed E-state index contributed by atoms with van der Waals surface area (Å²) in [4.78, 5) is 0. The Hall–Kier alpha value is -2.64. The van der Waals surface area contributed by atoms with Crippen LogP contribution in [0.1, 0.15) is 0 Å². The first-order valence-corrected chi connectivity index (χ1v) is 6.92. The standard InChI is InChI=1S/C16H13FNO.BF4/c1-18-11-15(12-7-9-14(17)10-8-12)16(19-18)13-5-3-2-4-6-13;2-1(3,4)5/h2-11H,1H3;/q+1;-1. The maximum atomic E-state index is 13.0. The van der Waals surface area contributed by atoms with E-state index in [2.05, 4.69) is 0 Å². The van der Waals surface area contributed by atoms with Crippen molar-refractivity contribution < 1.29 is 30.9 Å². The number of hydrogen-bond acceptors (Lipinski definition) is 1. The topological polar surface area (TPSA) is 17.0 Å². The van der Waals surface area contributed by atoms with E-state index in [1.165, 1.54) is 12.1 Å². The summed E-state index contributed by atoms with van der Waals surface area (Å²) >= 11 is 0. The second-order valence-electron chi connectivity index (χ2n) is 4.88. The van der Waals surface area contributed by atoms with Gasteiger partial charge in [-0.25, -0.2) is 8.91 Å². The van der Waals surface area contributed by atoms with Crippen molar-refractivity contribution in [2.24, 2.45) is 7.05 Å². The highest BCUT2D eigenvalue weighted by Gasteiger charge is 2.20. The molecule has 0 fully saturated rings. The van der Waals surface area contributed by atoms with Crippen molar-refractivity contribution in [1.29, 1.82) is 0 Å². The molecule has 0 spiro atoms. The quantitative estimate of drug-likeness (QED) is 0.369. The van der Waals surface area contributed by atoms with E-state index in [4.69, 9.17) is 4.52 Å². The molecule has 0 aliphatic heterocycles. The average molecular weight is 341 g/mol. The van der Waals surface area contributed by atoms with Crippen LogP contribution in [0.3, 0.4) is 0 Å². The molecule has 1 aromatic heterocycles. The van der Waals surface area contributed by atoms with E-state index in [0.29, 0.717) is 0 Å². The van der Waals surface area contributed by atoms with Crippen molar-refractivity contribution >= 4 is 7.25 Å². The van der Waals surface area contributed by atoms with Crippen molar-refractivity contribution in [2.45, 2.75) is 0 Å². The smallest absolute Gasteiger partial charge is 0.418 e. The van der Waals surface area contributed by atoms with Gasteiger partial charge in [-0.15, -0.1) is 0 Å². The van der Waals surface area contributed by atoms with Crippen LogP contribution in [0.5, 0.6) is 0 Å². The minimum atomic E-state index is -6.00. The summed E-state index contributed by atoms with van der Waals surface area (Å²) in [6.07, 6.45) is 1.90. The third kappa shape index (κ3) is 5.22. The Balaban J connectivity index is 0.000000368. The van der Waals surface area contributed by atoms with Gasteiger partial charge in [0.15, 0.2) is 7.05 Å². The van der Waals surface area contributed by atoms with Gasteiger partial charge in [-0.2, -0.15) is 0 Å². The first-order valence-electron chi connectivity index (χ1n) is 6.92. The highest BCUT2D eigenvalue weighted by atomic mass is 19.5. The maximum absolute atomic E-state index is 13.0. The van der Waals surface area contributed by atoms with E-state index in [1.54, 1.807) is 16.9 Å². The molecule has 0 saturated carbocycles. The van der Waals surface area contributed by atoms with Gasteiger partial charge in [0.2, 0.25) is 12.0 Å². The van der Waals surface area contributed by atoms with E-state index >= 15 is 0 Å². The van der Waals surface area contributed by atoms with Crippen molar-refractivity contribution in [3.05, 3.63) is 66.6 Å². The Morgan fingerprint density at radius 2 is 1.38 bits per heavy atom. The van der Waals surface area contributed by atoms with Crippen molar-refractivity contribution in [2.75, 3.05) is 0 Å². The Bertz CT molecular complexity index is 778. The number of hydrogen-bond donors (Lipinski definition) is 0. The molecule has 1 heterocycles. The molecule has 24 heavy (non-hydrogen) atoms. The highest BCUT2D eigenvalue weighted by molar-refractivity contribution is 6.50. The van der Waals surface area contributed by atoms with Gasteiger partial charge < -0.3 is 17.3 Å². The minimum Gasteiger partial charge on any atom is -0.418 e. The number of aromatic nitrogens is 1. The van der Waals surface area contributed by atoms with E-state index < -0.39 is 7.25 Å². The number of rotatable bonds is 2. The lowest BCUT2D eigenvalue weighted by atomic mass is 10.0. The van der Waals surface area contributed by atoms with Crippen LogP contribution in [-0.4, -0.2) is 7.25 Å². The lowest BCUT2D eigenvalue weighted by Crippen LogP contribution is -2.22. The first kappa shape index (κ1) is 17.7. The van der Waals surface area contributed by atoms with Gasteiger partial charge >= 0.3 is 7.25 Å². The zero-order valence-corrected chi connectivity index (χ0v) is 12.6. The number of halogens is 5. The lowest BCUT2D eigenvalue weighted by Gasteiger charge is -1.99. The summed E-state index contributed by atoms with van der Waals surface area (Å²) in [5.41, 5.74) is 2.89. The fourth-order valence-electron chi connectivity index (χ4n) is 2.09. The van der Waals surface area contributed by atoms with E-state index in [-0.39, 0.29) is 5.82 Å². The Morgan fingerprint density at radius 3 is 1.92 bits per heavy atom. The second kappa shape index (κ2) is 7.29. The Morgan fingerprint density at radius 1 is 0.833 bits per heavy atom. The van der Waals surface area contributed by atoms with Gasteiger partial charge in [-0.3, -0.25) is 0 Å². The normalized spacial score (nSPS) is 10.9. The number of benzene rings is 2. The molecule has 2 aromatic carbocycles. The van der Waals surface area contributed by atoms with Crippen LogP contribution in [0.4, 0.5) is 21.7 Å². The molecule has 0 aliphatic rings. The predicted molar refractivity (Wildman–Crippen MR) is 80.9 cm³/mol. The predicted octanol–water partition coefficient (Wildman–Crippen LogP) is 4.88. The highest BCUT2D eigenvalue weighted by Crippen LogP contribution is 2.31. The van der Waals surface area contributed by atoms with Crippen LogP contribution < -0.4 is 4.74 Å². The van der Waals surface area contributed by atoms with Gasteiger partial charge in [-0.1, -0.05) is 42.5 Å². The number of aryl methyl sites for hydroxylation is 1. The fourth-order valence-corrected chi connectivity index (χ4v) is 2.09. The molecular weight excluding hydrogens is 328 g/mol. The molecule has 0 radical (unpaired) electrons. The summed E-state index contributed by atoms with van der Waals surface area (Å²) in [5.74, 6) is 0.549. The van der Waals surface area contributed by atoms with Gasteiger partial charge in [0.25, 0.3) is 0 Å². The molecule has 126 valence electrons. The van der Waals surface area contributed by atoms with Gasteiger partial charge in [-0.05, 0) is 22.4 Å². The third-order valence-corrected chi connectivity index (χ3v) is 2.98. The molecular formula is C16H13BF5NO. The van der Waals surface area contributed by atoms with Gasteiger partial charge in [0.1, 0.15) is 11.4 Å². The van der Waals surface area contributed by atoms with Crippen LogP contribution in [0, 0.1) is 5.82 Å². The maximum Gasteiger partial charge on any atom is 0.673 e. The average Bonchev–Trinajstić information content (AvgIpc) is 2.89. The molecule has 0 N–H and O–H groups in total. The van der Waals surface area contributed by atoms with Crippen LogP contribution in [0.2, 0.25) is 0 Å². The molecule has 2 nitrogen and oxygen atoms in total. The zero-order chi connectivity index (χ0) is 17.7. The van der Waals surface area contributed by atoms with Crippen molar-refractivity contribution in [3.8, 4) is 22.5 Å². The van der Waals surface area contributed by atoms with Crippen LogP contribution in [-0.2, 0) is 7.05 Å². The largest absolute Gasteiger partial charge is 0.673 e. The first-order chi connectivity index (χ1) is 11.2. The van der Waals surface area contributed by atoms with E-state index in [0.717, 1.165) is 22.5 Å². The molecule has 0 atom stereocenters. The van der Waals surface area contributed by atoms with Crippen LogP contribution >= 0.6 is 0 Å². The van der Waals surface area contributed by atoms with Crippen molar-refractivity contribution in [1.82, 2.24) is 0 Å². The summed E-state index contributed by atoms with van der Waals surface area (Å²) in [5, 5.41) is 0. The molecule has 0 unspecified atom stereocenters. The van der Waals surface area contributed by atoms with E-state index in [9.17, 15) is 21.7 Å². The summed E-state index contributed by atoms with van der Waals surface area (Å²) in [6, 6.07) is 16.3. The minimum absolute atomic E-state index is 0.238. The number of nitrogens with zero attached hydrogens (tertiary/aromatic N) is 1. The van der Waals surface area contributed by atoms with Gasteiger partial charge in [0, 0.05) is 5.56 Å². The monoisotopic (exact) mass is 341 g/mol. The zero-order valence-electron chi connectivity index (χ0n) is 12.6. The molecule has 3 rings (SSSR count). The summed E-state index contributed by atoms with van der Waals surface area (Å²) in [7, 11) is -4.17. The third-order valence-electron chi connectivity index (χ3n) is 2.98. The molecule has 0 aliphatic carbocycles. The molecule has 0 bridgehead atoms. The van der Waals surface area contributed by atoms with Gasteiger partial charge in [0.05, 0.1) is 0 Å².